The van der Waals surface area contributed by atoms with E-state index in [2.05, 4.69) is 256 Å². The van der Waals surface area contributed by atoms with E-state index in [0.717, 1.165) is 67.4 Å². The average molecular weight is 986 g/mol. The Kier molecular flexibility index (Phi) is 10.0. The van der Waals surface area contributed by atoms with E-state index in [1.807, 2.05) is 11.3 Å². The molecule has 0 saturated heterocycles. The number of nitrogens with zero attached hydrogens (tertiary/aromatic N) is 3. The smallest absolute Gasteiger partial charge is 0.268 e. The summed E-state index contributed by atoms with van der Waals surface area (Å²) in [4.78, 5) is 4.96. The molecule has 5 nitrogen and oxygen atoms in total. The van der Waals surface area contributed by atoms with Crippen LogP contribution >= 0.6 is 11.3 Å². The van der Waals surface area contributed by atoms with Gasteiger partial charge in [0.2, 0.25) is 0 Å². The van der Waals surface area contributed by atoms with Crippen molar-refractivity contribution < 1.29 is 9.15 Å². The Hall–Kier alpha value is -7.22. The van der Waals surface area contributed by atoms with Gasteiger partial charge in [0, 0.05) is 75.9 Å². The lowest BCUT2D eigenvalue weighted by Gasteiger charge is -2.40. The molecule has 0 N–H and O–H groups in total. The molecule has 0 bridgehead atoms. The van der Waals surface area contributed by atoms with E-state index in [0.29, 0.717) is 0 Å². The van der Waals surface area contributed by atoms with Crippen molar-refractivity contribution in [2.45, 2.75) is 112 Å². The number of hydrogen-bond acceptors (Lipinski definition) is 5. The highest BCUT2D eigenvalue weighted by atomic mass is 32.1. The molecule has 0 unspecified atom stereocenters. The summed E-state index contributed by atoms with van der Waals surface area (Å²) in [6.45, 7) is 29.8. The highest BCUT2D eigenvalue weighted by molar-refractivity contribution is 7.33. The Morgan fingerprint density at radius 3 is 1.91 bits per heavy atom. The summed E-state index contributed by atoms with van der Waals surface area (Å²) >= 11 is 1.88. The highest BCUT2D eigenvalue weighted by Gasteiger charge is 2.45. The van der Waals surface area contributed by atoms with E-state index >= 15 is 0 Å². The van der Waals surface area contributed by atoms with Gasteiger partial charge in [-0.15, -0.1) is 11.3 Å². The molecule has 3 aromatic heterocycles. The predicted octanol–water partition coefficient (Wildman–Crippen LogP) is 17.7. The van der Waals surface area contributed by atoms with Crippen molar-refractivity contribution in [2.75, 3.05) is 9.80 Å². The van der Waals surface area contributed by atoms with Crippen molar-refractivity contribution in [3.8, 4) is 11.5 Å². The van der Waals surface area contributed by atoms with E-state index in [1.54, 1.807) is 0 Å². The number of thiophene rings is 1. The van der Waals surface area contributed by atoms with Gasteiger partial charge in [-0.3, -0.25) is 0 Å². The number of furan rings is 1. The van der Waals surface area contributed by atoms with Crippen LogP contribution in [0.4, 0.5) is 34.1 Å². The Bertz CT molecular complexity index is 4120. The molecule has 0 amide bonds. The zero-order chi connectivity index (χ0) is 51.5. The zero-order valence-electron chi connectivity index (χ0n) is 45.1. The molecule has 0 aliphatic carbocycles. The third-order valence-corrected chi connectivity index (χ3v) is 17.0. The summed E-state index contributed by atoms with van der Waals surface area (Å²) in [6, 6.07) is 57.2. The van der Waals surface area contributed by atoms with Gasteiger partial charge in [-0.05, 0) is 156 Å². The summed E-state index contributed by atoms with van der Waals surface area (Å²) in [6.07, 6.45) is 0. The number of aryl methyl sites for hydroxylation is 1. The van der Waals surface area contributed by atoms with Gasteiger partial charge in [0.1, 0.15) is 17.1 Å². The van der Waals surface area contributed by atoms with Crippen LogP contribution in [0.1, 0.15) is 105 Å². The molecule has 8 aromatic carbocycles. The monoisotopic (exact) mass is 985 g/mol. The molecular weight excluding hydrogens is 922 g/mol. The fourth-order valence-corrected chi connectivity index (χ4v) is 13.3. The van der Waals surface area contributed by atoms with Gasteiger partial charge >= 0.3 is 0 Å². The largest absolute Gasteiger partial charge is 0.457 e. The minimum Gasteiger partial charge on any atom is -0.457 e. The van der Waals surface area contributed by atoms with Gasteiger partial charge in [0.25, 0.3) is 6.71 Å². The maximum Gasteiger partial charge on any atom is 0.268 e. The van der Waals surface area contributed by atoms with Crippen molar-refractivity contribution in [3.05, 3.63) is 174 Å². The fourth-order valence-electron chi connectivity index (χ4n) is 12.0. The molecule has 2 aliphatic heterocycles. The minimum absolute atomic E-state index is 0.00376. The number of anilines is 6. The molecule has 0 saturated carbocycles. The lowest BCUT2D eigenvalue weighted by atomic mass is 9.36. The van der Waals surface area contributed by atoms with E-state index in [4.69, 9.17) is 9.15 Å². The quantitative estimate of drug-likeness (QED) is 0.165. The van der Waals surface area contributed by atoms with Gasteiger partial charge in [0.15, 0.2) is 5.58 Å². The summed E-state index contributed by atoms with van der Waals surface area (Å²) in [5.41, 5.74) is 17.8. The SMILES string of the molecule is Cc1cc2c3c(c1)N(c1cc(N(c4ccc(C(C)(C)C)cc4)c4ccc5c6ccccc6n(C(C)(C)C)c5c4)c4oc5ccccc5c4c1)c1ccc(C(C)(C)C)cc1B3c1sc3ccc(C(C)(C)C)cc3c1O2. The highest BCUT2D eigenvalue weighted by Crippen LogP contribution is 2.51. The summed E-state index contributed by atoms with van der Waals surface area (Å²) in [5, 5.41) is 5.83. The first-order chi connectivity index (χ1) is 35.1. The summed E-state index contributed by atoms with van der Waals surface area (Å²) in [7, 11) is 0. The van der Waals surface area contributed by atoms with Crippen LogP contribution in [-0.4, -0.2) is 11.3 Å². The number of benzene rings is 8. The van der Waals surface area contributed by atoms with E-state index in [-0.39, 0.29) is 28.5 Å². The molecule has 0 spiro atoms. The van der Waals surface area contributed by atoms with Crippen molar-refractivity contribution in [2.24, 2.45) is 0 Å². The van der Waals surface area contributed by atoms with Crippen LogP contribution in [0, 0.1) is 6.92 Å². The molecule has 0 fully saturated rings. The van der Waals surface area contributed by atoms with Crippen molar-refractivity contribution in [1.82, 2.24) is 4.57 Å². The summed E-state index contributed by atoms with van der Waals surface area (Å²) in [5.74, 6) is 1.92. The molecular formula is C67H64BN3O2S. The molecule has 368 valence electrons. The molecule has 11 aromatic rings. The molecule has 0 radical (unpaired) electrons. The van der Waals surface area contributed by atoms with Gasteiger partial charge in [-0.1, -0.05) is 135 Å². The van der Waals surface area contributed by atoms with Crippen LogP contribution in [0.2, 0.25) is 0 Å². The van der Waals surface area contributed by atoms with Gasteiger partial charge in [-0.2, -0.15) is 0 Å². The van der Waals surface area contributed by atoms with Crippen molar-refractivity contribution in [3.63, 3.8) is 0 Å². The van der Waals surface area contributed by atoms with Crippen molar-refractivity contribution in [1.29, 1.82) is 0 Å². The number of hydrogen-bond donors (Lipinski definition) is 0. The van der Waals surface area contributed by atoms with Gasteiger partial charge < -0.3 is 23.5 Å². The lowest BCUT2D eigenvalue weighted by Crippen LogP contribution is -2.58. The second kappa shape index (κ2) is 15.9. The minimum atomic E-state index is -0.180. The maximum absolute atomic E-state index is 7.30. The fraction of sp³-hybridized carbons (Fsp3) is 0.254. The number of rotatable bonds is 4. The Morgan fingerprint density at radius 2 is 1.18 bits per heavy atom. The normalized spacial score (nSPS) is 13.8. The van der Waals surface area contributed by atoms with Crippen LogP contribution < -0.4 is 30.2 Å². The van der Waals surface area contributed by atoms with E-state index in [1.165, 1.54) is 70.0 Å². The Labute approximate surface area is 440 Å². The van der Waals surface area contributed by atoms with Crippen LogP contribution in [0.25, 0.3) is 53.8 Å². The summed E-state index contributed by atoms with van der Waals surface area (Å²) < 4.78 is 19.5. The Morgan fingerprint density at radius 1 is 0.527 bits per heavy atom. The van der Waals surface area contributed by atoms with E-state index < -0.39 is 0 Å². The van der Waals surface area contributed by atoms with Crippen LogP contribution in [0.5, 0.6) is 11.5 Å². The topological polar surface area (TPSA) is 33.8 Å². The van der Waals surface area contributed by atoms with Crippen LogP contribution in [0.15, 0.2) is 156 Å². The molecule has 0 atom stereocenters. The Balaban J connectivity index is 1.10. The second-order valence-corrected chi connectivity index (χ2v) is 26.2. The average Bonchev–Trinajstić information content (AvgIpc) is 4.08. The number of fused-ring (bicyclic) bond motifs is 12. The number of aromatic nitrogens is 1. The van der Waals surface area contributed by atoms with Gasteiger partial charge in [-0.25, -0.2) is 0 Å². The van der Waals surface area contributed by atoms with Crippen molar-refractivity contribution >= 4 is 122 Å². The maximum atomic E-state index is 7.30. The van der Waals surface area contributed by atoms with Gasteiger partial charge in [0.05, 0.1) is 11.2 Å². The molecule has 2 aliphatic rings. The number of ether oxygens (including phenoxy) is 1. The zero-order valence-corrected chi connectivity index (χ0v) is 45.9. The standard InChI is InChI=1S/C67H64BN3O2S/c1-39-32-55-60-58(33-39)73-62-50-34-41(65(5,6)7)25-31-59(50)74-63(62)68(60)51-35-42(66(8,9)10)24-30-53(51)70(55)45-36-49-48-19-15-17-21-57(48)72-61(49)56(38-45)69(43-26-22-40(23-27-43)64(2,3)4)44-28-29-47-46-18-14-16-20-52(46)71(54(47)37-44)67(11,12)13/h14-38H,1-13H3. The lowest BCUT2D eigenvalue weighted by molar-refractivity contribution is 0.423. The molecule has 5 heterocycles. The molecule has 74 heavy (non-hydrogen) atoms. The van der Waals surface area contributed by atoms with Crippen LogP contribution in [-0.2, 0) is 21.8 Å². The molecule has 13 rings (SSSR count). The molecule has 7 heteroatoms. The third kappa shape index (κ3) is 7.17. The predicted molar refractivity (Wildman–Crippen MR) is 318 cm³/mol. The second-order valence-electron chi connectivity index (χ2n) is 25.1. The first kappa shape index (κ1) is 46.6. The third-order valence-electron chi connectivity index (χ3n) is 15.8. The van der Waals surface area contributed by atoms with Crippen LogP contribution in [0.3, 0.4) is 0 Å². The first-order valence-corrected chi connectivity index (χ1v) is 27.2. The number of para-hydroxylation sites is 2. The van der Waals surface area contributed by atoms with E-state index in [9.17, 15) is 0 Å². The first-order valence-electron chi connectivity index (χ1n) is 26.4.